The Morgan fingerprint density at radius 2 is 1.43 bits per heavy atom. The number of esters is 1. The minimum atomic E-state index is -6.16. The lowest BCUT2D eigenvalue weighted by Crippen LogP contribution is -2.70. The van der Waals surface area contributed by atoms with Crippen LogP contribution in [0.1, 0.15) is 19.8 Å². The van der Waals surface area contributed by atoms with Crippen molar-refractivity contribution in [2.45, 2.75) is 54.9 Å². The van der Waals surface area contributed by atoms with E-state index in [0.29, 0.717) is 0 Å². The van der Waals surface area contributed by atoms with Crippen molar-refractivity contribution in [2.75, 3.05) is 0 Å². The average molecular weight is 349 g/mol. The first-order valence-electron chi connectivity index (χ1n) is 5.48. The van der Waals surface area contributed by atoms with Gasteiger partial charge in [0.05, 0.1) is 5.38 Å². The standard InChI is InChI=1S/C10H9ClF8O2/c1-4(20)21-6-3-8(13,10(17,18)19)7(12,2-5(6)11)9(14,15)16/h5-6H,2-3H2,1H3/t5-,6-,7+,8+/m0/s1. The quantitative estimate of drug-likeness (QED) is 0.409. The van der Waals surface area contributed by atoms with E-state index in [-0.39, 0.29) is 0 Å². The monoisotopic (exact) mass is 348 g/mol. The van der Waals surface area contributed by atoms with E-state index in [4.69, 9.17) is 11.6 Å². The Morgan fingerprint density at radius 3 is 1.76 bits per heavy atom. The van der Waals surface area contributed by atoms with Crippen LogP contribution in [0.5, 0.6) is 0 Å². The zero-order chi connectivity index (χ0) is 16.9. The van der Waals surface area contributed by atoms with Crippen LogP contribution >= 0.6 is 11.6 Å². The number of hydrogen-bond acceptors (Lipinski definition) is 2. The van der Waals surface area contributed by atoms with Gasteiger partial charge < -0.3 is 4.74 Å². The molecule has 0 heterocycles. The fourth-order valence-corrected chi connectivity index (χ4v) is 2.49. The molecule has 0 aromatic rings. The first-order valence-corrected chi connectivity index (χ1v) is 5.92. The van der Waals surface area contributed by atoms with E-state index in [1.54, 1.807) is 0 Å². The van der Waals surface area contributed by atoms with Gasteiger partial charge in [0, 0.05) is 19.8 Å². The van der Waals surface area contributed by atoms with Gasteiger partial charge in [-0.05, 0) is 0 Å². The van der Waals surface area contributed by atoms with Crippen LogP contribution in [0.25, 0.3) is 0 Å². The van der Waals surface area contributed by atoms with E-state index in [0.717, 1.165) is 6.92 Å². The highest BCUT2D eigenvalue weighted by Crippen LogP contribution is 2.59. The second-order valence-corrected chi connectivity index (χ2v) is 5.23. The third-order valence-electron chi connectivity index (χ3n) is 3.21. The fraction of sp³-hybridized carbons (Fsp3) is 0.900. The van der Waals surface area contributed by atoms with E-state index in [2.05, 4.69) is 4.74 Å². The number of halogens is 9. The molecule has 21 heavy (non-hydrogen) atoms. The van der Waals surface area contributed by atoms with Gasteiger partial charge in [0.2, 0.25) is 5.67 Å². The number of hydrogen-bond donors (Lipinski definition) is 0. The van der Waals surface area contributed by atoms with Crippen molar-refractivity contribution in [3.8, 4) is 0 Å². The molecular formula is C10H9ClF8O2. The van der Waals surface area contributed by atoms with E-state index in [1.165, 1.54) is 0 Å². The molecule has 124 valence electrons. The van der Waals surface area contributed by atoms with Crippen molar-refractivity contribution in [3.05, 3.63) is 0 Å². The lowest BCUT2D eigenvalue weighted by molar-refractivity contribution is -0.358. The molecule has 0 aliphatic heterocycles. The molecule has 0 N–H and O–H groups in total. The molecule has 0 unspecified atom stereocenters. The molecule has 1 rings (SSSR count). The molecule has 1 aliphatic rings. The molecule has 1 saturated carbocycles. The molecule has 4 atom stereocenters. The van der Waals surface area contributed by atoms with Gasteiger partial charge in [-0.1, -0.05) is 0 Å². The first kappa shape index (κ1) is 18.2. The minimum absolute atomic E-state index is 0.748. The lowest BCUT2D eigenvalue weighted by atomic mass is 9.71. The molecule has 1 aliphatic carbocycles. The van der Waals surface area contributed by atoms with Crippen molar-refractivity contribution in [1.82, 2.24) is 0 Å². The fourth-order valence-electron chi connectivity index (χ4n) is 2.14. The highest BCUT2D eigenvalue weighted by atomic mass is 35.5. The Kier molecular flexibility index (Phi) is 4.46. The second kappa shape index (κ2) is 5.13. The number of rotatable bonds is 1. The largest absolute Gasteiger partial charge is 0.461 e. The van der Waals surface area contributed by atoms with Crippen molar-refractivity contribution >= 4 is 17.6 Å². The van der Waals surface area contributed by atoms with Gasteiger partial charge in [-0.25, -0.2) is 8.78 Å². The Labute approximate surface area is 118 Å². The molecule has 0 spiro atoms. The summed E-state index contributed by atoms with van der Waals surface area (Å²) in [5.41, 5.74) is -10.5. The summed E-state index contributed by atoms with van der Waals surface area (Å²) < 4.78 is 108. The summed E-state index contributed by atoms with van der Waals surface area (Å²) in [6.07, 6.45) is -18.4. The maximum absolute atomic E-state index is 14.0. The van der Waals surface area contributed by atoms with Crippen LogP contribution in [0.4, 0.5) is 35.1 Å². The summed E-state index contributed by atoms with van der Waals surface area (Å²) in [6, 6.07) is 0. The van der Waals surface area contributed by atoms with Crippen LogP contribution in [0.15, 0.2) is 0 Å². The van der Waals surface area contributed by atoms with E-state index in [1.807, 2.05) is 0 Å². The zero-order valence-corrected chi connectivity index (χ0v) is 11.0. The lowest BCUT2D eigenvalue weighted by Gasteiger charge is -2.47. The molecule has 1 fully saturated rings. The third-order valence-corrected chi connectivity index (χ3v) is 3.64. The van der Waals surface area contributed by atoms with Gasteiger partial charge in [-0.2, -0.15) is 26.3 Å². The van der Waals surface area contributed by atoms with Gasteiger partial charge in [0.15, 0.2) is 0 Å². The molecule has 0 amide bonds. The Hall–Kier alpha value is -0.800. The van der Waals surface area contributed by atoms with Gasteiger partial charge >= 0.3 is 18.3 Å². The molecule has 11 heteroatoms. The maximum atomic E-state index is 14.0. The molecular weight excluding hydrogens is 340 g/mol. The molecule has 0 bridgehead atoms. The van der Waals surface area contributed by atoms with Crippen LogP contribution in [0.3, 0.4) is 0 Å². The highest BCUT2D eigenvalue weighted by molar-refractivity contribution is 6.21. The van der Waals surface area contributed by atoms with E-state index >= 15 is 0 Å². The summed E-state index contributed by atoms with van der Waals surface area (Å²) >= 11 is 5.34. The predicted molar refractivity (Wildman–Crippen MR) is 54.2 cm³/mol. The SMILES string of the molecule is CC(=O)O[C@H]1C[C@](F)(C(F)(F)F)[C@@](F)(C(F)(F)F)C[C@@H]1Cl. The van der Waals surface area contributed by atoms with Gasteiger partial charge in [0.25, 0.3) is 5.67 Å². The molecule has 0 saturated heterocycles. The van der Waals surface area contributed by atoms with E-state index in [9.17, 15) is 39.9 Å². The van der Waals surface area contributed by atoms with Crippen LogP contribution < -0.4 is 0 Å². The second-order valence-electron chi connectivity index (χ2n) is 4.67. The molecule has 0 radical (unpaired) electrons. The smallest absolute Gasteiger partial charge is 0.426 e. The third kappa shape index (κ3) is 2.91. The summed E-state index contributed by atoms with van der Waals surface area (Å²) in [5.74, 6) is -1.17. The Morgan fingerprint density at radius 1 is 1.05 bits per heavy atom. The summed E-state index contributed by atoms with van der Waals surface area (Å²) in [7, 11) is 0. The van der Waals surface area contributed by atoms with Crippen LogP contribution in [-0.4, -0.2) is 41.1 Å². The van der Waals surface area contributed by atoms with Gasteiger partial charge in [-0.15, -0.1) is 11.6 Å². The molecule has 0 aromatic carbocycles. The number of ether oxygens (including phenoxy) is 1. The number of carbonyl (C=O) groups excluding carboxylic acids is 1. The van der Waals surface area contributed by atoms with Crippen molar-refractivity contribution in [1.29, 1.82) is 0 Å². The number of alkyl halides is 9. The van der Waals surface area contributed by atoms with E-state index < -0.39 is 54.0 Å². The molecule has 2 nitrogen and oxygen atoms in total. The van der Waals surface area contributed by atoms with Crippen molar-refractivity contribution in [3.63, 3.8) is 0 Å². The van der Waals surface area contributed by atoms with Gasteiger partial charge in [-0.3, -0.25) is 4.79 Å². The predicted octanol–water partition coefficient (Wildman–Crippen LogP) is 3.86. The Bertz CT molecular complexity index is 422. The topological polar surface area (TPSA) is 26.3 Å². The first-order chi connectivity index (χ1) is 9.16. The van der Waals surface area contributed by atoms with Gasteiger partial charge in [0.1, 0.15) is 6.10 Å². The Balaban J connectivity index is 3.32. The van der Waals surface area contributed by atoms with Crippen molar-refractivity contribution in [2.24, 2.45) is 0 Å². The van der Waals surface area contributed by atoms with Crippen LogP contribution in [0, 0.1) is 0 Å². The maximum Gasteiger partial charge on any atom is 0.426 e. The minimum Gasteiger partial charge on any atom is -0.461 e. The van der Waals surface area contributed by atoms with Crippen LogP contribution in [-0.2, 0) is 9.53 Å². The normalized spacial score (nSPS) is 38.2. The summed E-state index contributed by atoms with van der Waals surface area (Å²) in [5, 5.41) is -1.95. The summed E-state index contributed by atoms with van der Waals surface area (Å²) in [4.78, 5) is 10.7. The van der Waals surface area contributed by atoms with Crippen molar-refractivity contribution < 1.29 is 44.7 Å². The highest BCUT2D eigenvalue weighted by Gasteiger charge is 2.81. The van der Waals surface area contributed by atoms with Crippen LogP contribution in [0.2, 0.25) is 0 Å². The number of carbonyl (C=O) groups is 1. The molecule has 0 aromatic heterocycles. The summed E-state index contributed by atoms with van der Waals surface area (Å²) in [6.45, 7) is 0.748. The average Bonchev–Trinajstić information content (AvgIpc) is 2.22. The zero-order valence-electron chi connectivity index (χ0n) is 10.3.